The van der Waals surface area contributed by atoms with Gasteiger partial charge in [0, 0.05) is 3.57 Å². The molecule has 2 aromatic rings. The molecule has 0 saturated carbocycles. The number of hydrogen-bond acceptors (Lipinski definition) is 1. The van der Waals surface area contributed by atoms with Crippen molar-refractivity contribution in [2.45, 2.75) is 33.0 Å². The molecule has 2 rings (SSSR count). The summed E-state index contributed by atoms with van der Waals surface area (Å²) in [5.41, 5.74) is 3.84. The van der Waals surface area contributed by atoms with Crippen LogP contribution >= 0.6 is 22.6 Å². The summed E-state index contributed by atoms with van der Waals surface area (Å²) in [5.74, 6) is 0.585. The molecule has 0 saturated heterocycles. The summed E-state index contributed by atoms with van der Waals surface area (Å²) in [4.78, 5) is 0. The molecule has 0 aliphatic heterocycles. The Kier molecular flexibility index (Phi) is 5.40. The minimum Gasteiger partial charge on any atom is -0.372 e. The van der Waals surface area contributed by atoms with E-state index in [-0.39, 0.29) is 0 Å². The van der Waals surface area contributed by atoms with Crippen LogP contribution in [0, 0.1) is 3.57 Å². The van der Waals surface area contributed by atoms with E-state index in [4.69, 9.17) is 4.74 Å². The second-order valence-corrected chi connectivity index (χ2v) is 6.26. The highest BCUT2D eigenvalue weighted by Gasteiger charge is 2.00. The average Bonchev–Trinajstić information content (AvgIpc) is 2.39. The van der Waals surface area contributed by atoms with Gasteiger partial charge in [0.25, 0.3) is 0 Å². The highest BCUT2D eigenvalue weighted by atomic mass is 127. The summed E-state index contributed by atoms with van der Waals surface area (Å²) in [6.45, 7) is 5.76. The molecule has 2 heteroatoms. The maximum absolute atomic E-state index is 5.76. The Labute approximate surface area is 129 Å². The number of ether oxygens (including phenoxy) is 1. The van der Waals surface area contributed by atoms with E-state index in [1.54, 1.807) is 0 Å². The van der Waals surface area contributed by atoms with Crippen LogP contribution in [0.25, 0.3) is 0 Å². The van der Waals surface area contributed by atoms with Crippen LogP contribution in [0.5, 0.6) is 0 Å². The third-order valence-electron chi connectivity index (χ3n) is 3.07. The van der Waals surface area contributed by atoms with Crippen LogP contribution in [-0.2, 0) is 18.0 Å². The second kappa shape index (κ2) is 7.06. The predicted octanol–water partition coefficient (Wildman–Crippen LogP) is 5.13. The Morgan fingerprint density at radius 1 is 0.947 bits per heavy atom. The van der Waals surface area contributed by atoms with Crippen LogP contribution in [0.3, 0.4) is 0 Å². The molecule has 0 unspecified atom stereocenters. The van der Waals surface area contributed by atoms with Gasteiger partial charge in [-0.1, -0.05) is 50.2 Å². The first-order chi connectivity index (χ1) is 9.15. The SMILES string of the molecule is CC(C)c1ccc(COCc2cccc(I)c2)cc1. The number of hydrogen-bond donors (Lipinski definition) is 0. The lowest BCUT2D eigenvalue weighted by atomic mass is 10.0. The van der Waals surface area contributed by atoms with Gasteiger partial charge in [0.1, 0.15) is 0 Å². The standard InChI is InChI=1S/C17H19IO/c1-13(2)16-8-6-14(7-9-16)11-19-12-15-4-3-5-17(18)10-15/h3-10,13H,11-12H2,1-2H3. The van der Waals surface area contributed by atoms with Gasteiger partial charge in [0.15, 0.2) is 0 Å². The monoisotopic (exact) mass is 366 g/mol. The largest absolute Gasteiger partial charge is 0.372 e. The van der Waals surface area contributed by atoms with E-state index < -0.39 is 0 Å². The van der Waals surface area contributed by atoms with E-state index in [0.717, 1.165) is 0 Å². The zero-order chi connectivity index (χ0) is 13.7. The molecule has 0 heterocycles. The zero-order valence-corrected chi connectivity index (χ0v) is 13.6. The summed E-state index contributed by atoms with van der Waals surface area (Å²) in [6, 6.07) is 17.1. The molecule has 0 bridgehead atoms. The summed E-state index contributed by atoms with van der Waals surface area (Å²) < 4.78 is 7.01. The quantitative estimate of drug-likeness (QED) is 0.667. The predicted molar refractivity (Wildman–Crippen MR) is 88.2 cm³/mol. The fourth-order valence-corrected chi connectivity index (χ4v) is 2.52. The maximum atomic E-state index is 5.76. The maximum Gasteiger partial charge on any atom is 0.0721 e. The van der Waals surface area contributed by atoms with Crippen LogP contribution in [0.1, 0.15) is 36.5 Å². The van der Waals surface area contributed by atoms with Crippen LogP contribution in [-0.4, -0.2) is 0 Å². The molecule has 0 aliphatic rings. The summed E-state index contributed by atoms with van der Waals surface area (Å²) in [5, 5.41) is 0. The van der Waals surface area contributed by atoms with Gasteiger partial charge >= 0.3 is 0 Å². The van der Waals surface area contributed by atoms with Gasteiger partial charge in [0.05, 0.1) is 13.2 Å². The second-order valence-electron chi connectivity index (χ2n) is 5.02. The molecule has 0 aromatic heterocycles. The van der Waals surface area contributed by atoms with Gasteiger partial charge in [-0.15, -0.1) is 0 Å². The first-order valence-corrected chi connectivity index (χ1v) is 7.64. The van der Waals surface area contributed by atoms with Gasteiger partial charge in [0.2, 0.25) is 0 Å². The van der Waals surface area contributed by atoms with E-state index >= 15 is 0 Å². The van der Waals surface area contributed by atoms with Gasteiger partial charge in [-0.25, -0.2) is 0 Å². The summed E-state index contributed by atoms with van der Waals surface area (Å²) >= 11 is 2.32. The smallest absolute Gasteiger partial charge is 0.0721 e. The van der Waals surface area contributed by atoms with Crippen molar-refractivity contribution >= 4 is 22.6 Å². The molecular formula is C17H19IO. The lowest BCUT2D eigenvalue weighted by molar-refractivity contribution is 0.107. The first-order valence-electron chi connectivity index (χ1n) is 6.56. The Hall–Kier alpha value is -0.870. The molecule has 0 radical (unpaired) electrons. The topological polar surface area (TPSA) is 9.23 Å². The normalized spacial score (nSPS) is 10.9. The van der Waals surface area contributed by atoms with Crippen molar-refractivity contribution in [2.24, 2.45) is 0 Å². The average molecular weight is 366 g/mol. The lowest BCUT2D eigenvalue weighted by Gasteiger charge is -2.08. The molecular weight excluding hydrogens is 347 g/mol. The molecule has 0 aliphatic carbocycles. The van der Waals surface area contributed by atoms with E-state index in [1.165, 1.54) is 20.3 Å². The Morgan fingerprint density at radius 2 is 1.63 bits per heavy atom. The van der Waals surface area contributed by atoms with Gasteiger partial charge < -0.3 is 4.74 Å². The minimum absolute atomic E-state index is 0.585. The summed E-state index contributed by atoms with van der Waals surface area (Å²) in [7, 11) is 0. The van der Waals surface area contributed by atoms with E-state index in [9.17, 15) is 0 Å². The highest BCUT2D eigenvalue weighted by Crippen LogP contribution is 2.15. The van der Waals surface area contributed by atoms with Crippen LogP contribution in [0.15, 0.2) is 48.5 Å². The van der Waals surface area contributed by atoms with Crippen molar-refractivity contribution in [2.75, 3.05) is 0 Å². The van der Waals surface area contributed by atoms with Crippen molar-refractivity contribution in [3.05, 3.63) is 68.8 Å². The van der Waals surface area contributed by atoms with E-state index in [0.29, 0.717) is 19.1 Å². The van der Waals surface area contributed by atoms with Crippen LogP contribution < -0.4 is 0 Å². The third-order valence-corrected chi connectivity index (χ3v) is 3.74. The molecule has 19 heavy (non-hydrogen) atoms. The van der Waals surface area contributed by atoms with Crippen molar-refractivity contribution < 1.29 is 4.74 Å². The van der Waals surface area contributed by atoms with Gasteiger partial charge in [-0.2, -0.15) is 0 Å². The molecule has 0 spiro atoms. The third kappa shape index (κ3) is 4.62. The zero-order valence-electron chi connectivity index (χ0n) is 11.4. The van der Waals surface area contributed by atoms with Crippen LogP contribution in [0.2, 0.25) is 0 Å². The molecule has 0 amide bonds. The van der Waals surface area contributed by atoms with E-state index in [1.807, 2.05) is 0 Å². The highest BCUT2D eigenvalue weighted by molar-refractivity contribution is 14.1. The molecule has 0 atom stereocenters. The Balaban J connectivity index is 1.85. The Bertz CT molecular complexity index is 517. The molecule has 1 nitrogen and oxygen atoms in total. The number of benzene rings is 2. The number of halogens is 1. The van der Waals surface area contributed by atoms with Crippen LogP contribution in [0.4, 0.5) is 0 Å². The fourth-order valence-electron chi connectivity index (χ4n) is 1.91. The summed E-state index contributed by atoms with van der Waals surface area (Å²) in [6.07, 6.45) is 0. The van der Waals surface area contributed by atoms with E-state index in [2.05, 4.69) is 85.0 Å². The minimum atomic E-state index is 0.585. The van der Waals surface area contributed by atoms with Gasteiger partial charge in [-0.3, -0.25) is 0 Å². The van der Waals surface area contributed by atoms with Crippen molar-refractivity contribution in [3.8, 4) is 0 Å². The molecule has 0 N–H and O–H groups in total. The molecule has 0 fully saturated rings. The lowest BCUT2D eigenvalue weighted by Crippen LogP contribution is -1.95. The van der Waals surface area contributed by atoms with Crippen molar-refractivity contribution in [3.63, 3.8) is 0 Å². The molecule has 2 aromatic carbocycles. The van der Waals surface area contributed by atoms with Crippen molar-refractivity contribution in [1.29, 1.82) is 0 Å². The number of rotatable bonds is 5. The van der Waals surface area contributed by atoms with Gasteiger partial charge in [-0.05, 0) is 57.3 Å². The van der Waals surface area contributed by atoms with Crippen molar-refractivity contribution in [1.82, 2.24) is 0 Å². The Morgan fingerprint density at radius 3 is 2.26 bits per heavy atom. The first kappa shape index (κ1) is 14.5. The fraction of sp³-hybridized carbons (Fsp3) is 0.294. The molecule has 100 valence electrons.